The number of ether oxygens (including phenoxy) is 1. The van der Waals surface area contributed by atoms with Crippen LogP contribution in [0.4, 0.5) is 0 Å². The van der Waals surface area contributed by atoms with Crippen molar-refractivity contribution in [3.63, 3.8) is 0 Å². The van der Waals surface area contributed by atoms with Gasteiger partial charge >= 0.3 is 6.01 Å². The van der Waals surface area contributed by atoms with E-state index in [2.05, 4.69) is 49.5 Å². The summed E-state index contributed by atoms with van der Waals surface area (Å²) in [5.41, 5.74) is 2.37. The second-order valence-electron chi connectivity index (χ2n) is 5.07. The normalized spacial score (nSPS) is 14.5. The van der Waals surface area contributed by atoms with Gasteiger partial charge in [-0.25, -0.2) is 0 Å². The van der Waals surface area contributed by atoms with Crippen molar-refractivity contribution in [1.29, 1.82) is 0 Å². The van der Waals surface area contributed by atoms with E-state index in [9.17, 15) is 0 Å². The van der Waals surface area contributed by atoms with Crippen LogP contribution in [0.2, 0.25) is 0 Å². The predicted octanol–water partition coefficient (Wildman–Crippen LogP) is 2.41. The SMILES string of the molecule is Cn1cnc(OCc2ccc(CNC3CC3)cc2Br)n1. The van der Waals surface area contributed by atoms with Crippen LogP contribution in [-0.4, -0.2) is 20.8 Å². The molecule has 3 rings (SSSR count). The second-order valence-corrected chi connectivity index (χ2v) is 5.92. The second kappa shape index (κ2) is 5.93. The summed E-state index contributed by atoms with van der Waals surface area (Å²) in [6, 6.07) is 7.48. The first-order valence-corrected chi connectivity index (χ1v) is 7.49. The molecule has 1 aliphatic rings. The molecule has 1 fully saturated rings. The van der Waals surface area contributed by atoms with Gasteiger partial charge in [0, 0.05) is 29.7 Å². The van der Waals surface area contributed by atoms with Crippen LogP contribution in [0.1, 0.15) is 24.0 Å². The quantitative estimate of drug-likeness (QED) is 0.880. The Morgan fingerprint density at radius 2 is 2.30 bits per heavy atom. The van der Waals surface area contributed by atoms with Gasteiger partial charge in [-0.05, 0) is 24.5 Å². The molecule has 106 valence electrons. The van der Waals surface area contributed by atoms with Crippen LogP contribution in [0.3, 0.4) is 0 Å². The van der Waals surface area contributed by atoms with E-state index in [0.29, 0.717) is 12.6 Å². The van der Waals surface area contributed by atoms with Crippen molar-refractivity contribution in [2.45, 2.75) is 32.0 Å². The molecule has 6 heteroatoms. The summed E-state index contributed by atoms with van der Waals surface area (Å²) in [6.07, 6.45) is 4.24. The van der Waals surface area contributed by atoms with Gasteiger partial charge in [0.1, 0.15) is 12.9 Å². The number of benzene rings is 1. The summed E-state index contributed by atoms with van der Waals surface area (Å²) in [4.78, 5) is 4.04. The van der Waals surface area contributed by atoms with Crippen molar-refractivity contribution in [3.8, 4) is 6.01 Å². The minimum Gasteiger partial charge on any atom is -0.457 e. The largest absolute Gasteiger partial charge is 0.457 e. The summed E-state index contributed by atoms with van der Waals surface area (Å²) in [6.45, 7) is 1.38. The summed E-state index contributed by atoms with van der Waals surface area (Å²) in [7, 11) is 1.82. The van der Waals surface area contributed by atoms with Crippen molar-refractivity contribution in [3.05, 3.63) is 40.1 Å². The van der Waals surface area contributed by atoms with Gasteiger partial charge in [0.2, 0.25) is 0 Å². The fraction of sp³-hybridized carbons (Fsp3) is 0.429. The Kier molecular flexibility index (Phi) is 4.03. The Balaban J connectivity index is 1.58. The number of nitrogens with one attached hydrogen (secondary N) is 1. The molecule has 0 saturated heterocycles. The molecule has 0 radical (unpaired) electrons. The van der Waals surface area contributed by atoms with Crippen molar-refractivity contribution in [1.82, 2.24) is 20.1 Å². The van der Waals surface area contributed by atoms with Gasteiger partial charge in [-0.3, -0.25) is 4.68 Å². The van der Waals surface area contributed by atoms with E-state index in [1.54, 1.807) is 11.0 Å². The first-order chi connectivity index (χ1) is 9.70. The van der Waals surface area contributed by atoms with Crippen molar-refractivity contribution in [2.75, 3.05) is 0 Å². The fourth-order valence-corrected chi connectivity index (χ4v) is 2.44. The zero-order chi connectivity index (χ0) is 13.9. The van der Waals surface area contributed by atoms with Gasteiger partial charge in [-0.2, -0.15) is 4.98 Å². The van der Waals surface area contributed by atoms with Crippen LogP contribution in [0.15, 0.2) is 29.0 Å². The van der Waals surface area contributed by atoms with E-state index in [1.165, 1.54) is 18.4 Å². The van der Waals surface area contributed by atoms with Crippen LogP contribution in [0.25, 0.3) is 0 Å². The van der Waals surface area contributed by atoms with Crippen LogP contribution in [0, 0.1) is 0 Å². The number of aryl methyl sites for hydroxylation is 1. The van der Waals surface area contributed by atoms with E-state index in [-0.39, 0.29) is 0 Å². The van der Waals surface area contributed by atoms with E-state index >= 15 is 0 Å². The number of nitrogens with zero attached hydrogens (tertiary/aromatic N) is 3. The lowest BCUT2D eigenvalue weighted by Gasteiger charge is -2.08. The number of hydrogen-bond donors (Lipinski definition) is 1. The van der Waals surface area contributed by atoms with E-state index in [4.69, 9.17) is 4.74 Å². The lowest BCUT2D eigenvalue weighted by Crippen LogP contribution is -2.15. The summed E-state index contributed by atoms with van der Waals surface area (Å²) < 4.78 is 8.23. The Labute approximate surface area is 126 Å². The Morgan fingerprint density at radius 1 is 1.45 bits per heavy atom. The van der Waals surface area contributed by atoms with E-state index < -0.39 is 0 Å². The predicted molar refractivity (Wildman–Crippen MR) is 79.3 cm³/mol. The first-order valence-electron chi connectivity index (χ1n) is 6.70. The molecule has 1 aromatic heterocycles. The molecular weight excluding hydrogens is 320 g/mol. The molecule has 0 atom stereocenters. The zero-order valence-electron chi connectivity index (χ0n) is 11.3. The van der Waals surface area contributed by atoms with Gasteiger partial charge < -0.3 is 10.1 Å². The highest BCUT2D eigenvalue weighted by molar-refractivity contribution is 9.10. The summed E-state index contributed by atoms with van der Waals surface area (Å²) in [5.74, 6) is 0. The first kappa shape index (κ1) is 13.6. The maximum atomic E-state index is 5.55. The topological polar surface area (TPSA) is 52.0 Å². The maximum absolute atomic E-state index is 5.55. The number of aromatic nitrogens is 3. The number of halogens is 1. The minimum atomic E-state index is 0.402. The molecule has 0 spiro atoms. The summed E-state index contributed by atoms with van der Waals surface area (Å²) in [5, 5.41) is 7.59. The monoisotopic (exact) mass is 336 g/mol. The third-order valence-corrected chi connectivity index (χ3v) is 3.96. The molecular formula is C14H17BrN4O. The Hall–Kier alpha value is -1.40. The molecule has 0 unspecified atom stereocenters. The Bertz CT molecular complexity index is 595. The lowest BCUT2D eigenvalue weighted by molar-refractivity contribution is 0.279. The molecule has 0 amide bonds. The molecule has 2 aromatic rings. The average Bonchev–Trinajstić information content (AvgIpc) is 3.17. The maximum Gasteiger partial charge on any atom is 0.335 e. The summed E-state index contributed by atoms with van der Waals surface area (Å²) >= 11 is 3.59. The van der Waals surface area contributed by atoms with Gasteiger partial charge in [-0.1, -0.05) is 28.1 Å². The lowest BCUT2D eigenvalue weighted by atomic mass is 10.1. The highest BCUT2D eigenvalue weighted by Crippen LogP contribution is 2.22. The van der Waals surface area contributed by atoms with Gasteiger partial charge in [0.05, 0.1) is 0 Å². The van der Waals surface area contributed by atoms with Crippen LogP contribution >= 0.6 is 15.9 Å². The van der Waals surface area contributed by atoms with E-state index in [0.717, 1.165) is 22.6 Å². The third-order valence-electron chi connectivity index (χ3n) is 3.23. The molecule has 1 aromatic carbocycles. The van der Waals surface area contributed by atoms with Gasteiger partial charge in [-0.15, -0.1) is 5.10 Å². The molecule has 1 N–H and O–H groups in total. The smallest absolute Gasteiger partial charge is 0.335 e. The van der Waals surface area contributed by atoms with Gasteiger partial charge in [0.15, 0.2) is 0 Å². The Morgan fingerprint density at radius 3 is 2.95 bits per heavy atom. The molecule has 1 heterocycles. The third kappa shape index (κ3) is 3.58. The highest BCUT2D eigenvalue weighted by Gasteiger charge is 2.19. The highest BCUT2D eigenvalue weighted by atomic mass is 79.9. The molecule has 0 bridgehead atoms. The standard InChI is InChI=1S/C14H17BrN4O/c1-19-9-17-14(18-19)20-8-11-3-2-10(6-13(11)15)7-16-12-4-5-12/h2-3,6,9,12,16H,4-5,7-8H2,1H3. The molecule has 20 heavy (non-hydrogen) atoms. The minimum absolute atomic E-state index is 0.402. The number of rotatable bonds is 6. The van der Waals surface area contributed by atoms with Crippen molar-refractivity contribution < 1.29 is 4.74 Å². The molecule has 1 saturated carbocycles. The zero-order valence-corrected chi connectivity index (χ0v) is 12.9. The fourth-order valence-electron chi connectivity index (χ4n) is 1.90. The van der Waals surface area contributed by atoms with E-state index in [1.807, 2.05) is 7.05 Å². The molecule has 1 aliphatic carbocycles. The number of hydrogen-bond acceptors (Lipinski definition) is 4. The molecule has 5 nitrogen and oxygen atoms in total. The van der Waals surface area contributed by atoms with Crippen molar-refractivity contribution >= 4 is 15.9 Å². The van der Waals surface area contributed by atoms with Gasteiger partial charge in [0.25, 0.3) is 0 Å². The van der Waals surface area contributed by atoms with Crippen molar-refractivity contribution in [2.24, 2.45) is 7.05 Å². The van der Waals surface area contributed by atoms with Crippen LogP contribution in [0.5, 0.6) is 6.01 Å². The van der Waals surface area contributed by atoms with Crippen LogP contribution in [-0.2, 0) is 20.2 Å². The molecule has 0 aliphatic heterocycles. The average molecular weight is 337 g/mol. The van der Waals surface area contributed by atoms with Crippen LogP contribution < -0.4 is 10.1 Å².